The zero-order chi connectivity index (χ0) is 20.2. The second-order valence-corrected chi connectivity index (χ2v) is 11.7. The maximum absolute atomic E-state index is 12.6. The number of benzene rings is 1. The van der Waals surface area contributed by atoms with Crippen LogP contribution >= 0.6 is 11.8 Å². The average Bonchev–Trinajstić information content (AvgIpc) is 3.20. The van der Waals surface area contributed by atoms with E-state index < -0.39 is 10.0 Å². The minimum absolute atomic E-state index is 0.222. The zero-order valence-corrected chi connectivity index (χ0v) is 18.8. The monoisotopic (exact) mass is 424 g/mol. The van der Waals surface area contributed by atoms with Crippen molar-refractivity contribution in [3.05, 3.63) is 29.8 Å². The highest BCUT2D eigenvalue weighted by atomic mass is 32.2. The summed E-state index contributed by atoms with van der Waals surface area (Å²) in [5.74, 6) is 2.03. The summed E-state index contributed by atoms with van der Waals surface area (Å²) in [6, 6.07) is 7.19. The SMILES string of the molecule is CCNC(=NCc1ccc(S(=O)(=O)N2CCCC2)cc1)N1CCSC(C)(C)C1. The van der Waals surface area contributed by atoms with Crippen molar-refractivity contribution in [2.75, 3.05) is 38.5 Å². The van der Waals surface area contributed by atoms with Crippen LogP contribution in [0.25, 0.3) is 0 Å². The van der Waals surface area contributed by atoms with E-state index in [1.54, 1.807) is 16.4 Å². The quantitative estimate of drug-likeness (QED) is 0.582. The molecule has 2 heterocycles. The van der Waals surface area contributed by atoms with E-state index in [2.05, 4.69) is 31.0 Å². The van der Waals surface area contributed by atoms with E-state index in [0.29, 0.717) is 24.5 Å². The van der Waals surface area contributed by atoms with Crippen molar-refractivity contribution in [1.29, 1.82) is 0 Å². The number of guanidine groups is 1. The van der Waals surface area contributed by atoms with Gasteiger partial charge in [-0.3, -0.25) is 0 Å². The molecule has 0 radical (unpaired) electrons. The third-order valence-corrected chi connectivity index (χ3v) is 8.31. The molecule has 8 heteroatoms. The summed E-state index contributed by atoms with van der Waals surface area (Å²) >= 11 is 2.00. The Labute approximate surface area is 173 Å². The largest absolute Gasteiger partial charge is 0.357 e. The molecule has 2 aliphatic heterocycles. The van der Waals surface area contributed by atoms with E-state index in [1.807, 2.05) is 23.9 Å². The van der Waals surface area contributed by atoms with Gasteiger partial charge in [0, 0.05) is 43.2 Å². The van der Waals surface area contributed by atoms with Crippen molar-refractivity contribution in [2.24, 2.45) is 4.99 Å². The molecule has 1 aromatic carbocycles. The Kier molecular flexibility index (Phi) is 6.94. The van der Waals surface area contributed by atoms with E-state index >= 15 is 0 Å². The number of hydrogen-bond acceptors (Lipinski definition) is 4. The first-order chi connectivity index (χ1) is 13.3. The van der Waals surface area contributed by atoms with Crippen LogP contribution in [0, 0.1) is 0 Å². The molecule has 0 saturated carbocycles. The van der Waals surface area contributed by atoms with Gasteiger partial charge in [-0.25, -0.2) is 13.4 Å². The summed E-state index contributed by atoms with van der Waals surface area (Å²) in [6.45, 7) is 11.2. The van der Waals surface area contributed by atoms with Crippen molar-refractivity contribution < 1.29 is 8.42 Å². The van der Waals surface area contributed by atoms with Crippen molar-refractivity contribution >= 4 is 27.7 Å². The molecule has 3 rings (SSSR count). The highest BCUT2D eigenvalue weighted by Gasteiger charge is 2.29. The molecular formula is C20H32N4O2S2. The van der Waals surface area contributed by atoms with Gasteiger partial charge in [-0.2, -0.15) is 16.1 Å². The summed E-state index contributed by atoms with van der Waals surface area (Å²) in [4.78, 5) is 7.51. The molecule has 1 aromatic rings. The van der Waals surface area contributed by atoms with Crippen LogP contribution in [0.2, 0.25) is 0 Å². The van der Waals surface area contributed by atoms with E-state index in [9.17, 15) is 8.42 Å². The molecule has 6 nitrogen and oxygen atoms in total. The lowest BCUT2D eigenvalue weighted by atomic mass is 10.2. The van der Waals surface area contributed by atoms with Gasteiger partial charge in [0.05, 0.1) is 11.4 Å². The third kappa shape index (κ3) is 5.21. The van der Waals surface area contributed by atoms with Gasteiger partial charge in [-0.05, 0) is 51.3 Å². The number of aliphatic imine (C=N–C) groups is 1. The maximum atomic E-state index is 12.6. The van der Waals surface area contributed by atoms with Gasteiger partial charge in [-0.15, -0.1) is 0 Å². The smallest absolute Gasteiger partial charge is 0.243 e. The minimum Gasteiger partial charge on any atom is -0.357 e. The van der Waals surface area contributed by atoms with Crippen LogP contribution < -0.4 is 5.32 Å². The Bertz CT molecular complexity index is 785. The summed E-state index contributed by atoms with van der Waals surface area (Å²) in [5, 5.41) is 3.40. The second-order valence-electron chi connectivity index (χ2n) is 7.96. The van der Waals surface area contributed by atoms with Crippen molar-refractivity contribution in [1.82, 2.24) is 14.5 Å². The highest BCUT2D eigenvalue weighted by molar-refractivity contribution is 8.00. The summed E-state index contributed by atoms with van der Waals surface area (Å²) < 4.78 is 27.1. The van der Waals surface area contributed by atoms with Crippen molar-refractivity contribution in [3.8, 4) is 0 Å². The van der Waals surface area contributed by atoms with Crippen molar-refractivity contribution in [3.63, 3.8) is 0 Å². The van der Waals surface area contributed by atoms with Crippen LogP contribution in [0.5, 0.6) is 0 Å². The molecule has 0 aromatic heterocycles. The summed E-state index contributed by atoms with van der Waals surface area (Å²) in [6.07, 6.45) is 1.90. The lowest BCUT2D eigenvalue weighted by molar-refractivity contribution is 0.376. The topological polar surface area (TPSA) is 65.0 Å². The molecule has 1 N–H and O–H groups in total. The first kappa shape index (κ1) is 21.5. The predicted octanol–water partition coefficient (Wildman–Crippen LogP) is 2.76. The summed E-state index contributed by atoms with van der Waals surface area (Å²) in [5.41, 5.74) is 1.02. The number of sulfonamides is 1. The molecule has 0 amide bonds. The molecule has 0 aliphatic carbocycles. The van der Waals surface area contributed by atoms with Crippen LogP contribution in [0.3, 0.4) is 0 Å². The highest BCUT2D eigenvalue weighted by Crippen LogP contribution is 2.29. The lowest BCUT2D eigenvalue weighted by Crippen LogP contribution is -2.50. The normalized spacial score (nSPS) is 21.1. The minimum atomic E-state index is -3.35. The van der Waals surface area contributed by atoms with Crippen molar-refractivity contribution in [2.45, 2.75) is 49.8 Å². The Morgan fingerprint density at radius 1 is 1.18 bits per heavy atom. The van der Waals surface area contributed by atoms with Gasteiger partial charge in [0.15, 0.2) is 5.96 Å². The molecular weight excluding hydrogens is 392 g/mol. The molecule has 2 aliphatic rings. The van der Waals surface area contributed by atoms with Gasteiger partial charge >= 0.3 is 0 Å². The number of nitrogens with one attached hydrogen (secondary N) is 1. The lowest BCUT2D eigenvalue weighted by Gasteiger charge is -2.39. The first-order valence-electron chi connectivity index (χ1n) is 10.1. The third-order valence-electron chi connectivity index (χ3n) is 5.10. The van der Waals surface area contributed by atoms with Crippen LogP contribution in [0.4, 0.5) is 0 Å². The van der Waals surface area contributed by atoms with Crippen LogP contribution in [0.1, 0.15) is 39.2 Å². The van der Waals surface area contributed by atoms with Gasteiger partial charge in [0.25, 0.3) is 0 Å². The van der Waals surface area contributed by atoms with E-state index in [1.165, 1.54) is 0 Å². The Morgan fingerprint density at radius 2 is 1.86 bits per heavy atom. The summed E-state index contributed by atoms with van der Waals surface area (Å²) in [7, 11) is -3.35. The number of thioether (sulfide) groups is 1. The maximum Gasteiger partial charge on any atom is 0.243 e. The molecule has 0 spiro atoms. The zero-order valence-electron chi connectivity index (χ0n) is 17.1. The fraction of sp³-hybridized carbons (Fsp3) is 0.650. The van der Waals surface area contributed by atoms with Gasteiger partial charge < -0.3 is 10.2 Å². The molecule has 156 valence electrons. The van der Waals surface area contributed by atoms with Gasteiger partial charge in [-0.1, -0.05) is 12.1 Å². The van der Waals surface area contributed by atoms with Gasteiger partial charge in [0.1, 0.15) is 0 Å². The Balaban J connectivity index is 1.69. The fourth-order valence-corrected chi connectivity index (χ4v) is 6.26. The molecule has 0 unspecified atom stereocenters. The standard InChI is InChI=1S/C20H32N4O2S2/c1-4-21-19(23-13-14-27-20(2,3)16-23)22-15-17-7-9-18(10-8-17)28(25,26)24-11-5-6-12-24/h7-10H,4-6,11-16H2,1-3H3,(H,21,22). The molecule has 0 bridgehead atoms. The number of rotatable bonds is 5. The van der Waals surface area contributed by atoms with Crippen LogP contribution in [-0.4, -0.2) is 66.8 Å². The van der Waals surface area contributed by atoms with E-state index in [0.717, 1.165) is 49.8 Å². The second kappa shape index (κ2) is 9.05. The van der Waals surface area contributed by atoms with E-state index in [4.69, 9.17) is 4.99 Å². The number of hydrogen-bond donors (Lipinski definition) is 1. The molecule has 0 atom stereocenters. The van der Waals surface area contributed by atoms with Gasteiger partial charge in [0.2, 0.25) is 10.0 Å². The molecule has 2 fully saturated rings. The fourth-order valence-electron chi connectivity index (χ4n) is 3.63. The number of nitrogens with zero attached hydrogens (tertiary/aromatic N) is 3. The molecule has 2 saturated heterocycles. The first-order valence-corrected chi connectivity index (χ1v) is 12.5. The average molecular weight is 425 g/mol. The van der Waals surface area contributed by atoms with Crippen LogP contribution in [-0.2, 0) is 16.6 Å². The van der Waals surface area contributed by atoms with E-state index in [-0.39, 0.29) is 4.75 Å². The Morgan fingerprint density at radius 3 is 2.46 bits per heavy atom. The Hall–Kier alpha value is -1.25. The van der Waals surface area contributed by atoms with Crippen LogP contribution in [0.15, 0.2) is 34.2 Å². The molecule has 28 heavy (non-hydrogen) atoms. The predicted molar refractivity (Wildman–Crippen MR) is 117 cm³/mol.